The summed E-state index contributed by atoms with van der Waals surface area (Å²) in [7, 11) is 0. The van der Waals surface area contributed by atoms with Crippen LogP contribution in [-0.4, -0.2) is 19.1 Å². The maximum Gasteiger partial charge on any atom is 0.0400 e. The first-order valence-electron chi connectivity index (χ1n) is 7.41. The van der Waals surface area contributed by atoms with Gasteiger partial charge in [-0.15, -0.1) is 0 Å². The molecule has 1 aromatic rings. The predicted molar refractivity (Wildman–Crippen MR) is 88.9 cm³/mol. The minimum Gasteiger partial charge on any atom is -0.372 e. The Morgan fingerprint density at radius 2 is 2.00 bits per heavy atom. The average Bonchev–Trinajstić information content (AvgIpc) is 2.41. The van der Waals surface area contributed by atoms with Crippen LogP contribution in [0.15, 0.2) is 22.7 Å². The molecule has 19 heavy (non-hydrogen) atoms. The summed E-state index contributed by atoms with van der Waals surface area (Å²) in [5, 5.41) is 0. The molecule has 0 fully saturated rings. The number of anilines is 1. The molecule has 1 atom stereocenters. The summed E-state index contributed by atoms with van der Waals surface area (Å²) >= 11 is 3.57. The summed E-state index contributed by atoms with van der Waals surface area (Å²) < 4.78 is 1.14. The van der Waals surface area contributed by atoms with E-state index in [2.05, 4.69) is 59.8 Å². The van der Waals surface area contributed by atoms with E-state index >= 15 is 0 Å². The molecule has 0 amide bonds. The average molecular weight is 327 g/mol. The van der Waals surface area contributed by atoms with Gasteiger partial charge in [-0.25, -0.2) is 0 Å². The second kappa shape index (κ2) is 8.60. The van der Waals surface area contributed by atoms with E-state index in [1.807, 2.05) is 0 Å². The van der Waals surface area contributed by atoms with Gasteiger partial charge < -0.3 is 10.6 Å². The highest BCUT2D eigenvalue weighted by atomic mass is 79.9. The smallest absolute Gasteiger partial charge is 0.0400 e. The van der Waals surface area contributed by atoms with Gasteiger partial charge in [0.15, 0.2) is 0 Å². The van der Waals surface area contributed by atoms with E-state index in [1.54, 1.807) is 0 Å². The maximum atomic E-state index is 6.13. The van der Waals surface area contributed by atoms with E-state index in [-0.39, 0.29) is 6.04 Å². The number of hydrogen-bond acceptors (Lipinski definition) is 2. The summed E-state index contributed by atoms with van der Waals surface area (Å²) in [5.74, 6) is 0. The normalized spacial score (nSPS) is 12.5. The lowest BCUT2D eigenvalue weighted by Gasteiger charge is -2.26. The molecule has 0 saturated heterocycles. The van der Waals surface area contributed by atoms with E-state index in [9.17, 15) is 0 Å². The molecular formula is C16H27BrN2. The van der Waals surface area contributed by atoms with Gasteiger partial charge in [-0.3, -0.25) is 0 Å². The molecule has 0 aliphatic carbocycles. The number of benzene rings is 1. The van der Waals surface area contributed by atoms with E-state index in [0.717, 1.165) is 30.4 Å². The number of rotatable bonds is 8. The second-order valence-corrected chi connectivity index (χ2v) is 5.99. The Kier molecular flexibility index (Phi) is 7.47. The quantitative estimate of drug-likeness (QED) is 0.769. The predicted octanol–water partition coefficient (Wildman–Crippen LogP) is 4.36. The molecule has 0 spiro atoms. The van der Waals surface area contributed by atoms with Crippen molar-refractivity contribution in [3.8, 4) is 0 Å². The van der Waals surface area contributed by atoms with Crippen molar-refractivity contribution in [3.05, 3.63) is 28.2 Å². The summed E-state index contributed by atoms with van der Waals surface area (Å²) in [4.78, 5) is 2.47. The Bertz CT molecular complexity index is 379. The summed E-state index contributed by atoms with van der Waals surface area (Å²) in [6.07, 6.45) is 4.45. The lowest BCUT2D eigenvalue weighted by molar-refractivity contribution is 0.642. The molecule has 0 saturated carbocycles. The van der Waals surface area contributed by atoms with Crippen molar-refractivity contribution in [2.45, 2.75) is 52.5 Å². The Labute approximate surface area is 126 Å². The Morgan fingerprint density at radius 1 is 1.26 bits per heavy atom. The van der Waals surface area contributed by atoms with Crippen LogP contribution in [0, 0.1) is 0 Å². The molecule has 2 N–H and O–H groups in total. The Morgan fingerprint density at radius 3 is 2.58 bits per heavy atom. The minimum absolute atomic E-state index is 0.248. The van der Waals surface area contributed by atoms with Crippen LogP contribution in [0.3, 0.4) is 0 Å². The molecule has 0 radical (unpaired) electrons. The van der Waals surface area contributed by atoms with Gasteiger partial charge in [-0.05, 0) is 49.9 Å². The highest BCUT2D eigenvalue weighted by Crippen LogP contribution is 2.26. The molecule has 0 heterocycles. The fourth-order valence-electron chi connectivity index (χ4n) is 2.25. The molecule has 1 rings (SSSR count). The highest BCUT2D eigenvalue weighted by molar-refractivity contribution is 9.10. The third-order valence-corrected chi connectivity index (χ3v) is 4.05. The van der Waals surface area contributed by atoms with Crippen molar-refractivity contribution >= 4 is 21.6 Å². The van der Waals surface area contributed by atoms with Crippen molar-refractivity contribution in [3.63, 3.8) is 0 Å². The van der Waals surface area contributed by atoms with Crippen molar-refractivity contribution in [1.82, 2.24) is 0 Å². The first-order chi connectivity index (χ1) is 9.12. The zero-order chi connectivity index (χ0) is 14.3. The monoisotopic (exact) mass is 326 g/mol. The van der Waals surface area contributed by atoms with Gasteiger partial charge in [0.2, 0.25) is 0 Å². The number of unbranched alkanes of at least 4 members (excludes halogenated alkanes) is 1. The zero-order valence-electron chi connectivity index (χ0n) is 12.5. The minimum atomic E-state index is 0.248. The number of halogens is 1. The standard InChI is InChI=1S/C16H27BrN2/c1-4-7-10-19(6-3)16-9-8-14(17)11-13(16)12-15(18)5-2/h8-9,11,15H,4-7,10,12,18H2,1-3H3. The molecule has 1 aromatic carbocycles. The fourth-order valence-corrected chi connectivity index (χ4v) is 2.66. The summed E-state index contributed by atoms with van der Waals surface area (Å²) in [6.45, 7) is 8.79. The Hall–Kier alpha value is -0.540. The van der Waals surface area contributed by atoms with Crippen molar-refractivity contribution in [1.29, 1.82) is 0 Å². The van der Waals surface area contributed by atoms with E-state index in [1.165, 1.54) is 24.1 Å². The van der Waals surface area contributed by atoms with Crippen LogP contribution in [-0.2, 0) is 6.42 Å². The molecular weight excluding hydrogens is 300 g/mol. The summed E-state index contributed by atoms with van der Waals surface area (Å²) in [5.41, 5.74) is 8.84. The summed E-state index contributed by atoms with van der Waals surface area (Å²) in [6, 6.07) is 6.82. The molecule has 1 unspecified atom stereocenters. The van der Waals surface area contributed by atoms with Gasteiger partial charge in [0.25, 0.3) is 0 Å². The molecule has 0 bridgehead atoms. The van der Waals surface area contributed by atoms with Crippen LogP contribution in [0.2, 0.25) is 0 Å². The van der Waals surface area contributed by atoms with Crippen LogP contribution >= 0.6 is 15.9 Å². The maximum absolute atomic E-state index is 6.13. The SMILES string of the molecule is CCCCN(CC)c1ccc(Br)cc1CC(N)CC. The van der Waals surface area contributed by atoms with Crippen molar-refractivity contribution in [2.75, 3.05) is 18.0 Å². The first-order valence-corrected chi connectivity index (χ1v) is 8.20. The third-order valence-electron chi connectivity index (χ3n) is 3.55. The van der Waals surface area contributed by atoms with E-state index in [4.69, 9.17) is 5.73 Å². The fraction of sp³-hybridized carbons (Fsp3) is 0.625. The Balaban J connectivity index is 2.96. The van der Waals surface area contributed by atoms with Crippen LogP contribution in [0.1, 0.15) is 45.6 Å². The van der Waals surface area contributed by atoms with Crippen LogP contribution in [0.25, 0.3) is 0 Å². The lowest BCUT2D eigenvalue weighted by Crippen LogP contribution is -2.27. The molecule has 108 valence electrons. The molecule has 0 aliphatic heterocycles. The van der Waals surface area contributed by atoms with Gasteiger partial charge >= 0.3 is 0 Å². The van der Waals surface area contributed by atoms with Crippen LogP contribution in [0.5, 0.6) is 0 Å². The van der Waals surface area contributed by atoms with Crippen LogP contribution < -0.4 is 10.6 Å². The highest BCUT2D eigenvalue weighted by Gasteiger charge is 2.12. The largest absolute Gasteiger partial charge is 0.372 e. The van der Waals surface area contributed by atoms with Crippen molar-refractivity contribution < 1.29 is 0 Å². The van der Waals surface area contributed by atoms with Gasteiger partial charge in [0.1, 0.15) is 0 Å². The second-order valence-electron chi connectivity index (χ2n) is 5.08. The topological polar surface area (TPSA) is 29.3 Å². The zero-order valence-corrected chi connectivity index (χ0v) is 14.0. The van der Waals surface area contributed by atoms with E-state index < -0.39 is 0 Å². The number of nitrogens with zero attached hydrogens (tertiary/aromatic N) is 1. The molecule has 0 aliphatic rings. The van der Waals surface area contributed by atoms with Gasteiger partial charge in [0, 0.05) is 29.3 Å². The molecule has 3 heteroatoms. The number of hydrogen-bond donors (Lipinski definition) is 1. The van der Waals surface area contributed by atoms with E-state index in [0.29, 0.717) is 0 Å². The lowest BCUT2D eigenvalue weighted by atomic mass is 10.0. The third kappa shape index (κ3) is 5.15. The van der Waals surface area contributed by atoms with Gasteiger partial charge in [-0.2, -0.15) is 0 Å². The van der Waals surface area contributed by atoms with Crippen molar-refractivity contribution in [2.24, 2.45) is 5.73 Å². The van der Waals surface area contributed by atoms with Crippen LogP contribution in [0.4, 0.5) is 5.69 Å². The molecule has 0 aromatic heterocycles. The van der Waals surface area contributed by atoms with Gasteiger partial charge in [0.05, 0.1) is 0 Å². The molecule has 2 nitrogen and oxygen atoms in total. The van der Waals surface area contributed by atoms with Gasteiger partial charge in [-0.1, -0.05) is 36.2 Å². The number of nitrogens with two attached hydrogens (primary N) is 1. The first kappa shape index (κ1) is 16.5.